The largest absolute Gasteiger partial charge is 0.373 e. The van der Waals surface area contributed by atoms with E-state index in [1.807, 2.05) is 0 Å². The van der Waals surface area contributed by atoms with Gasteiger partial charge in [0.15, 0.2) is 9.84 Å². The molecule has 1 saturated heterocycles. The van der Waals surface area contributed by atoms with Gasteiger partial charge in [-0.2, -0.15) is 0 Å². The Morgan fingerprint density at radius 1 is 1.43 bits per heavy atom. The average molecular weight is 216 g/mol. The molecule has 5 heteroatoms. The number of nitrogens with one attached hydrogen (secondary N) is 1. The summed E-state index contributed by atoms with van der Waals surface area (Å²) in [7, 11) is -2.80. The third-order valence-corrected chi connectivity index (χ3v) is 5.15. The van der Waals surface area contributed by atoms with Crippen LogP contribution in [0.25, 0.3) is 0 Å². The van der Waals surface area contributed by atoms with Gasteiger partial charge in [-0.15, -0.1) is 0 Å². The van der Waals surface area contributed by atoms with E-state index in [-0.39, 0.29) is 5.25 Å². The van der Waals surface area contributed by atoms with Crippen LogP contribution in [-0.4, -0.2) is 38.3 Å². The fourth-order valence-corrected chi connectivity index (χ4v) is 3.77. The first-order chi connectivity index (χ1) is 6.68. The zero-order chi connectivity index (χ0) is 10.0. The lowest BCUT2D eigenvalue weighted by Gasteiger charge is -2.11. The summed E-state index contributed by atoms with van der Waals surface area (Å²) < 4.78 is 23.0. The van der Waals surface area contributed by atoms with Crippen LogP contribution in [0.5, 0.6) is 0 Å². The Labute approximate surface area is 84.7 Å². The summed E-state index contributed by atoms with van der Waals surface area (Å²) in [5.41, 5.74) is 0. The van der Waals surface area contributed by atoms with E-state index in [9.17, 15) is 8.42 Å². The molecule has 14 heavy (non-hydrogen) atoms. The minimum absolute atomic E-state index is 0.175. The van der Waals surface area contributed by atoms with Gasteiger partial charge in [-0.05, 0) is 19.3 Å². The maximum atomic E-state index is 11.5. The van der Waals surface area contributed by atoms with Crippen LogP contribution in [0.3, 0.4) is 0 Å². The quantitative estimate of drug-likeness (QED) is 0.724. The summed E-state index contributed by atoms with van der Waals surface area (Å²) in [5, 5.41) is 2.97. The van der Waals surface area contributed by atoms with Crippen molar-refractivity contribution in [3.63, 3.8) is 0 Å². The molecule has 2 aliphatic heterocycles. The molecule has 0 bridgehead atoms. The fourth-order valence-electron chi connectivity index (χ4n) is 2.00. The first-order valence-corrected chi connectivity index (χ1v) is 6.89. The topological polar surface area (TPSA) is 58.5 Å². The third-order valence-electron chi connectivity index (χ3n) is 2.87. The summed E-state index contributed by atoms with van der Waals surface area (Å²) in [4.78, 5) is 4.26. The summed E-state index contributed by atoms with van der Waals surface area (Å²) in [5.74, 6) is 1.36. The van der Waals surface area contributed by atoms with Crippen LogP contribution in [-0.2, 0) is 9.84 Å². The molecule has 0 aromatic rings. The molecule has 1 N–H and O–H groups in total. The van der Waals surface area contributed by atoms with Crippen molar-refractivity contribution in [3.8, 4) is 0 Å². The number of nitrogens with zero attached hydrogens (tertiary/aromatic N) is 1. The van der Waals surface area contributed by atoms with Crippen molar-refractivity contribution in [1.82, 2.24) is 5.32 Å². The Balaban J connectivity index is 1.86. The highest BCUT2D eigenvalue weighted by molar-refractivity contribution is 7.92. The van der Waals surface area contributed by atoms with Crippen LogP contribution in [0.1, 0.15) is 25.7 Å². The second-order valence-electron chi connectivity index (χ2n) is 3.94. The van der Waals surface area contributed by atoms with Gasteiger partial charge in [-0.3, -0.25) is 4.99 Å². The van der Waals surface area contributed by atoms with Gasteiger partial charge in [-0.1, -0.05) is 0 Å². The molecule has 1 fully saturated rings. The lowest BCUT2D eigenvalue weighted by molar-refractivity contribution is 0.586. The molecule has 2 heterocycles. The molecule has 1 atom stereocenters. The number of aliphatic imine (C=N–C) groups is 1. The molecule has 0 radical (unpaired) electrons. The summed E-state index contributed by atoms with van der Waals surface area (Å²) in [6, 6.07) is 0. The molecule has 0 saturated carbocycles. The van der Waals surface area contributed by atoms with Crippen molar-refractivity contribution in [2.75, 3.05) is 18.8 Å². The zero-order valence-electron chi connectivity index (χ0n) is 8.20. The fraction of sp³-hybridized carbons (Fsp3) is 0.889. The molecule has 0 amide bonds. The van der Waals surface area contributed by atoms with Gasteiger partial charge >= 0.3 is 0 Å². The van der Waals surface area contributed by atoms with Crippen molar-refractivity contribution in [3.05, 3.63) is 0 Å². The second-order valence-corrected chi connectivity index (χ2v) is 6.34. The van der Waals surface area contributed by atoms with Crippen LogP contribution in [0.4, 0.5) is 0 Å². The van der Waals surface area contributed by atoms with Gasteiger partial charge in [0.2, 0.25) is 0 Å². The Kier molecular flexibility index (Phi) is 2.76. The summed E-state index contributed by atoms with van der Waals surface area (Å²) in [6.07, 6.45) is 3.70. The van der Waals surface area contributed by atoms with Crippen LogP contribution >= 0.6 is 0 Å². The van der Waals surface area contributed by atoms with E-state index < -0.39 is 9.84 Å². The van der Waals surface area contributed by atoms with E-state index in [2.05, 4.69) is 10.3 Å². The van der Waals surface area contributed by atoms with Gasteiger partial charge in [0.1, 0.15) is 0 Å². The molecular weight excluding hydrogens is 200 g/mol. The highest BCUT2D eigenvalue weighted by Gasteiger charge is 2.31. The molecule has 0 aromatic carbocycles. The van der Waals surface area contributed by atoms with E-state index in [0.29, 0.717) is 12.3 Å². The normalized spacial score (nSPS) is 30.3. The average Bonchev–Trinajstić information content (AvgIpc) is 2.71. The van der Waals surface area contributed by atoms with Gasteiger partial charge < -0.3 is 5.32 Å². The number of hydrogen-bond donors (Lipinski definition) is 1. The molecule has 0 aromatic heterocycles. The Bertz CT molecular complexity index is 335. The maximum Gasteiger partial charge on any atom is 0.154 e. The van der Waals surface area contributed by atoms with Crippen LogP contribution < -0.4 is 5.32 Å². The Hall–Kier alpha value is -0.580. The molecule has 0 aliphatic carbocycles. The zero-order valence-corrected chi connectivity index (χ0v) is 9.02. The lowest BCUT2D eigenvalue weighted by atomic mass is 10.2. The SMILES string of the molecule is O=S1(=O)CCCC1CNC1=NCCC1. The van der Waals surface area contributed by atoms with Gasteiger partial charge in [0.05, 0.1) is 16.8 Å². The van der Waals surface area contributed by atoms with Crippen molar-refractivity contribution in [1.29, 1.82) is 0 Å². The van der Waals surface area contributed by atoms with E-state index in [4.69, 9.17) is 0 Å². The molecule has 0 spiro atoms. The Morgan fingerprint density at radius 2 is 2.29 bits per heavy atom. The van der Waals surface area contributed by atoms with Crippen LogP contribution in [0.2, 0.25) is 0 Å². The second kappa shape index (κ2) is 3.88. The molecule has 2 rings (SSSR count). The molecule has 2 aliphatic rings. The van der Waals surface area contributed by atoms with Gasteiger partial charge in [0, 0.05) is 19.5 Å². The molecule has 4 nitrogen and oxygen atoms in total. The van der Waals surface area contributed by atoms with Gasteiger partial charge in [0.25, 0.3) is 0 Å². The number of hydrogen-bond acceptors (Lipinski definition) is 4. The Morgan fingerprint density at radius 3 is 2.86 bits per heavy atom. The lowest BCUT2D eigenvalue weighted by Crippen LogP contribution is -2.33. The van der Waals surface area contributed by atoms with Crippen molar-refractivity contribution in [2.45, 2.75) is 30.9 Å². The predicted octanol–water partition coefficient (Wildman–Crippen LogP) is 0.345. The van der Waals surface area contributed by atoms with E-state index in [0.717, 1.165) is 38.1 Å². The molecular formula is C9H16N2O2S. The monoisotopic (exact) mass is 216 g/mol. The van der Waals surface area contributed by atoms with Crippen LogP contribution in [0.15, 0.2) is 4.99 Å². The summed E-state index contributed by atoms with van der Waals surface area (Å²) in [6.45, 7) is 1.45. The first kappa shape index (κ1) is 9.96. The van der Waals surface area contributed by atoms with Crippen molar-refractivity contribution >= 4 is 15.7 Å². The van der Waals surface area contributed by atoms with Crippen molar-refractivity contribution < 1.29 is 8.42 Å². The number of amidine groups is 1. The minimum atomic E-state index is -2.80. The highest BCUT2D eigenvalue weighted by Crippen LogP contribution is 2.19. The first-order valence-electron chi connectivity index (χ1n) is 5.17. The van der Waals surface area contributed by atoms with E-state index in [1.165, 1.54) is 0 Å². The van der Waals surface area contributed by atoms with Gasteiger partial charge in [-0.25, -0.2) is 8.42 Å². The summed E-state index contributed by atoms with van der Waals surface area (Å²) >= 11 is 0. The van der Waals surface area contributed by atoms with Crippen molar-refractivity contribution in [2.24, 2.45) is 4.99 Å². The van der Waals surface area contributed by atoms with E-state index in [1.54, 1.807) is 0 Å². The highest BCUT2D eigenvalue weighted by atomic mass is 32.2. The predicted molar refractivity (Wildman–Crippen MR) is 56.3 cm³/mol. The third kappa shape index (κ3) is 2.08. The van der Waals surface area contributed by atoms with Crippen LogP contribution in [0, 0.1) is 0 Å². The standard InChI is InChI=1S/C9H16N2O2S/c12-14(13)6-2-3-8(14)7-11-9-4-1-5-10-9/h8H,1-7H2,(H,10,11). The number of rotatable bonds is 2. The maximum absolute atomic E-state index is 11.5. The molecule has 1 unspecified atom stereocenters. The number of sulfone groups is 1. The molecule has 80 valence electrons. The minimum Gasteiger partial charge on any atom is -0.373 e. The van der Waals surface area contributed by atoms with E-state index >= 15 is 0 Å². The smallest absolute Gasteiger partial charge is 0.154 e.